The van der Waals surface area contributed by atoms with Crippen molar-refractivity contribution in [2.75, 3.05) is 49.2 Å². The number of thiophene rings is 1. The van der Waals surface area contributed by atoms with E-state index in [0.717, 1.165) is 23.5 Å². The van der Waals surface area contributed by atoms with Gasteiger partial charge in [-0.1, -0.05) is 12.1 Å². The molecule has 2 fully saturated rings. The Labute approximate surface area is 310 Å². The van der Waals surface area contributed by atoms with Crippen molar-refractivity contribution in [2.24, 2.45) is 0 Å². The second kappa shape index (κ2) is 13.4. The zero-order valence-corrected chi connectivity index (χ0v) is 29.1. The Morgan fingerprint density at radius 2 is 1.93 bits per heavy atom. The van der Waals surface area contributed by atoms with Gasteiger partial charge in [0.1, 0.15) is 59.5 Å². The lowest BCUT2D eigenvalue weighted by molar-refractivity contribution is -0.274. The van der Waals surface area contributed by atoms with Gasteiger partial charge in [0.2, 0.25) is 0 Å². The number of nitriles is 1. The van der Waals surface area contributed by atoms with Gasteiger partial charge in [-0.2, -0.15) is 15.2 Å². The number of aromatic nitrogens is 3. The van der Waals surface area contributed by atoms with Crippen LogP contribution in [-0.2, 0) is 0 Å². The Morgan fingerprint density at radius 3 is 2.65 bits per heavy atom. The van der Waals surface area contributed by atoms with E-state index in [4.69, 9.17) is 20.9 Å². The first-order chi connectivity index (χ1) is 26.2. The maximum absolute atomic E-state index is 17.5. The van der Waals surface area contributed by atoms with Gasteiger partial charge < -0.3 is 30.6 Å². The SMILES string of the molecule is N#Cc1c(N)sc2c(F)ccc(-c3c(OC(F)(F)F)c4c5c(nc(OC[C@@]67CCCN6C[C@H](F)C7)nc5c3F)N([C@@H](c3cccnc3N)C(F)F)CCO4)c12. The molecule has 8 rings (SSSR count). The average molecular weight is 793 g/mol. The fourth-order valence-corrected chi connectivity index (χ4v) is 8.95. The first-order valence-electron chi connectivity index (χ1n) is 16.8. The summed E-state index contributed by atoms with van der Waals surface area (Å²) in [6, 6.07) is 3.73. The van der Waals surface area contributed by atoms with Crippen LogP contribution in [0.2, 0.25) is 0 Å². The van der Waals surface area contributed by atoms with E-state index in [1.807, 2.05) is 4.90 Å². The monoisotopic (exact) mass is 792 g/mol. The van der Waals surface area contributed by atoms with Crippen molar-refractivity contribution in [3.63, 3.8) is 0 Å². The molecule has 2 saturated heterocycles. The molecule has 3 aliphatic heterocycles. The van der Waals surface area contributed by atoms with Crippen molar-refractivity contribution >= 4 is 49.0 Å². The second-order valence-electron chi connectivity index (χ2n) is 13.4. The summed E-state index contributed by atoms with van der Waals surface area (Å²) in [7, 11) is 0. The zero-order valence-electron chi connectivity index (χ0n) is 28.3. The lowest BCUT2D eigenvalue weighted by atomic mass is 9.95. The predicted molar refractivity (Wildman–Crippen MR) is 185 cm³/mol. The number of ether oxygens (including phenoxy) is 3. The summed E-state index contributed by atoms with van der Waals surface area (Å²) in [5, 5.41) is 8.84. The van der Waals surface area contributed by atoms with Crippen molar-refractivity contribution in [3.05, 3.63) is 53.2 Å². The number of alkyl halides is 6. The van der Waals surface area contributed by atoms with Crippen LogP contribution in [0.25, 0.3) is 32.1 Å². The number of nitrogen functional groups attached to an aromatic ring is 2. The van der Waals surface area contributed by atoms with Gasteiger partial charge in [0.05, 0.1) is 33.3 Å². The van der Waals surface area contributed by atoms with Crippen LogP contribution in [0.5, 0.6) is 17.5 Å². The maximum atomic E-state index is 17.5. The van der Waals surface area contributed by atoms with Gasteiger partial charge in [0.15, 0.2) is 17.3 Å². The molecule has 0 spiro atoms. The third-order valence-corrected chi connectivity index (χ3v) is 11.2. The maximum Gasteiger partial charge on any atom is 0.573 e. The van der Waals surface area contributed by atoms with Crippen molar-refractivity contribution in [3.8, 4) is 34.7 Å². The van der Waals surface area contributed by atoms with E-state index in [0.29, 0.717) is 24.3 Å². The van der Waals surface area contributed by atoms with E-state index < -0.39 is 101 Å². The van der Waals surface area contributed by atoms with Gasteiger partial charge in [-0.05, 0) is 37.1 Å². The van der Waals surface area contributed by atoms with E-state index in [1.165, 1.54) is 18.3 Å². The molecule has 5 aromatic rings. The van der Waals surface area contributed by atoms with E-state index in [1.54, 1.807) is 6.07 Å². The smallest absolute Gasteiger partial charge is 0.487 e. The molecule has 0 unspecified atom stereocenters. The molecule has 3 aromatic heterocycles. The summed E-state index contributed by atoms with van der Waals surface area (Å²) in [5.41, 5.74) is 8.62. The molecule has 2 aromatic carbocycles. The number of hydrogen-bond donors (Lipinski definition) is 2. The number of nitrogens with two attached hydrogens (primary N) is 2. The number of fused-ring (bicyclic) bond motifs is 2. The van der Waals surface area contributed by atoms with Crippen molar-refractivity contribution in [2.45, 2.75) is 49.8 Å². The topological polar surface area (TPSA) is 149 Å². The molecule has 0 bridgehead atoms. The molecule has 0 amide bonds. The van der Waals surface area contributed by atoms with Crippen LogP contribution in [0.3, 0.4) is 0 Å². The van der Waals surface area contributed by atoms with Crippen LogP contribution in [0.1, 0.15) is 36.4 Å². The van der Waals surface area contributed by atoms with Crippen molar-refractivity contribution < 1.29 is 49.3 Å². The van der Waals surface area contributed by atoms with E-state index >= 15 is 17.6 Å². The molecule has 6 heterocycles. The van der Waals surface area contributed by atoms with Crippen LogP contribution in [0.15, 0.2) is 30.5 Å². The molecule has 3 atom stereocenters. The van der Waals surface area contributed by atoms with Crippen LogP contribution in [0.4, 0.5) is 51.8 Å². The van der Waals surface area contributed by atoms with Gasteiger partial charge in [-0.3, -0.25) is 4.90 Å². The highest BCUT2D eigenvalue weighted by Gasteiger charge is 2.50. The molecule has 55 heavy (non-hydrogen) atoms. The number of anilines is 3. The first-order valence-corrected chi connectivity index (χ1v) is 17.7. The Hall–Kier alpha value is -5.42. The Bertz CT molecular complexity index is 2390. The minimum atomic E-state index is -5.49. The molecule has 3 aliphatic rings. The normalized spacial score (nSPS) is 20.4. The van der Waals surface area contributed by atoms with Crippen LogP contribution >= 0.6 is 11.3 Å². The molecule has 20 heteroatoms. The van der Waals surface area contributed by atoms with Gasteiger partial charge >= 0.3 is 12.4 Å². The largest absolute Gasteiger partial charge is 0.573 e. The van der Waals surface area contributed by atoms with E-state index in [2.05, 4.69) is 19.7 Å². The molecule has 0 saturated carbocycles. The first kappa shape index (κ1) is 36.6. The highest BCUT2D eigenvalue weighted by atomic mass is 32.1. The predicted octanol–water partition coefficient (Wildman–Crippen LogP) is 7.28. The molecular weight excluding hydrogens is 764 g/mol. The molecule has 4 N–H and O–H groups in total. The highest BCUT2D eigenvalue weighted by Crippen LogP contribution is 2.54. The molecule has 0 radical (unpaired) electrons. The second-order valence-corrected chi connectivity index (χ2v) is 14.4. The quantitative estimate of drug-likeness (QED) is 0.153. The minimum Gasteiger partial charge on any atom is -0.487 e. The van der Waals surface area contributed by atoms with Gasteiger partial charge in [-0.25, -0.2) is 26.9 Å². The number of halogens is 8. The van der Waals surface area contributed by atoms with Gasteiger partial charge in [0, 0.05) is 30.1 Å². The third kappa shape index (κ3) is 6.09. The fourth-order valence-electron chi connectivity index (χ4n) is 8.00. The molecule has 0 aliphatic carbocycles. The highest BCUT2D eigenvalue weighted by molar-refractivity contribution is 7.23. The lowest BCUT2D eigenvalue weighted by Crippen LogP contribution is -2.43. The van der Waals surface area contributed by atoms with Crippen LogP contribution in [-0.4, -0.2) is 77.2 Å². The Morgan fingerprint density at radius 1 is 1.13 bits per heavy atom. The number of benzene rings is 2. The van der Waals surface area contributed by atoms with Crippen molar-refractivity contribution in [1.29, 1.82) is 5.26 Å². The summed E-state index contributed by atoms with van der Waals surface area (Å²) < 4.78 is 137. The Balaban J connectivity index is 1.43. The van der Waals surface area contributed by atoms with Crippen molar-refractivity contribution in [1.82, 2.24) is 19.9 Å². The van der Waals surface area contributed by atoms with Gasteiger partial charge in [0.25, 0.3) is 6.43 Å². The molecule has 11 nitrogen and oxygen atoms in total. The number of hydrogen-bond acceptors (Lipinski definition) is 12. The molecule has 288 valence electrons. The van der Waals surface area contributed by atoms with Crippen LogP contribution < -0.4 is 30.6 Å². The number of pyridine rings is 1. The minimum absolute atomic E-state index is 0.119. The van der Waals surface area contributed by atoms with Gasteiger partial charge in [-0.15, -0.1) is 24.5 Å². The van der Waals surface area contributed by atoms with E-state index in [-0.39, 0.29) is 51.6 Å². The summed E-state index contributed by atoms with van der Waals surface area (Å²) >= 11 is 0.622. The average Bonchev–Trinajstić information content (AvgIpc) is 3.73. The van der Waals surface area contributed by atoms with Crippen LogP contribution in [0, 0.1) is 23.0 Å². The number of rotatable bonds is 8. The zero-order chi connectivity index (χ0) is 39.0. The fraction of sp³-hybridized carbons (Fsp3) is 0.371. The lowest BCUT2D eigenvalue weighted by Gasteiger charge is -2.33. The van der Waals surface area contributed by atoms with E-state index in [9.17, 15) is 22.8 Å². The number of nitrogens with zero attached hydrogens (tertiary/aromatic N) is 6. The summed E-state index contributed by atoms with van der Waals surface area (Å²) in [6.07, 6.45) is -7.18. The Kier molecular flexibility index (Phi) is 8.91. The summed E-state index contributed by atoms with van der Waals surface area (Å²) in [5.74, 6) is -5.25. The third-order valence-electron chi connectivity index (χ3n) is 10.2. The summed E-state index contributed by atoms with van der Waals surface area (Å²) in [4.78, 5) is 15.5. The standard InChI is InChI=1S/C35H28F8N8O3S/c36-15-11-34(6-2-8-50(34)13-15)14-53-33-48-24-22-26(52-10-9-51(32(22)49-33)25(29(39)40)17-3-1-7-47-30(17)45)27(54-35(41,42)43)21(23(24)38)16-4-5-19(37)28-20(16)18(12-44)31(46)55-28/h1,3-5,7,15,25,29H,2,6,8-11,13-14,46H2,(H2,45,47)/t15-,25+,34+/m1/s1. The molecular formula is C35H28F8N8O3S. The summed E-state index contributed by atoms with van der Waals surface area (Å²) in [6.45, 7) is -0.470.